The van der Waals surface area contributed by atoms with Gasteiger partial charge < -0.3 is 5.32 Å². The van der Waals surface area contributed by atoms with Gasteiger partial charge in [0.15, 0.2) is 0 Å². The Morgan fingerprint density at radius 2 is 1.83 bits per heavy atom. The first-order valence-electron chi connectivity index (χ1n) is 8.79. The zero-order valence-corrected chi connectivity index (χ0v) is 13.7. The molecular weight excluding hydrogens is 292 g/mol. The molecule has 0 atom stereocenters. The summed E-state index contributed by atoms with van der Waals surface area (Å²) in [5, 5.41) is 14.2. The van der Waals surface area contributed by atoms with E-state index in [9.17, 15) is 10.1 Å². The van der Waals surface area contributed by atoms with E-state index in [1.165, 1.54) is 76.7 Å². The molecule has 0 aromatic carbocycles. The predicted octanol–water partition coefficient (Wildman–Crippen LogP) is 3.59. The molecule has 1 aromatic heterocycles. The molecule has 2 fully saturated rings. The summed E-state index contributed by atoms with van der Waals surface area (Å²) >= 11 is 0. The Bertz CT molecular complexity index is 520. The maximum atomic E-state index is 10.7. The lowest BCUT2D eigenvalue weighted by atomic mass is 9.79. The number of hydrogen-bond acceptors (Lipinski definition) is 5. The van der Waals surface area contributed by atoms with Gasteiger partial charge in [-0.2, -0.15) is 0 Å². The zero-order valence-electron chi connectivity index (χ0n) is 13.7. The highest BCUT2D eigenvalue weighted by Gasteiger charge is 2.38. The van der Waals surface area contributed by atoms with E-state index in [1.54, 1.807) is 6.07 Å². The Hall–Kier alpha value is -1.69. The van der Waals surface area contributed by atoms with E-state index in [0.717, 1.165) is 12.4 Å². The summed E-state index contributed by atoms with van der Waals surface area (Å²) in [5.41, 5.74) is 0.279. The summed E-state index contributed by atoms with van der Waals surface area (Å²) in [6.45, 7) is 3.29. The Morgan fingerprint density at radius 3 is 2.43 bits per heavy atom. The number of rotatable bonds is 5. The second kappa shape index (κ2) is 7.25. The van der Waals surface area contributed by atoms with Crippen LogP contribution in [0.25, 0.3) is 0 Å². The predicted molar refractivity (Wildman–Crippen MR) is 90.6 cm³/mol. The van der Waals surface area contributed by atoms with Gasteiger partial charge in [0, 0.05) is 18.2 Å². The van der Waals surface area contributed by atoms with Crippen molar-refractivity contribution in [1.29, 1.82) is 0 Å². The molecule has 1 saturated heterocycles. The third-order valence-electron chi connectivity index (χ3n) is 5.37. The number of piperidine rings is 1. The maximum Gasteiger partial charge on any atom is 0.287 e. The van der Waals surface area contributed by atoms with Crippen LogP contribution in [0.3, 0.4) is 0 Å². The minimum absolute atomic E-state index is 0.0407. The van der Waals surface area contributed by atoms with E-state index < -0.39 is 4.92 Å². The van der Waals surface area contributed by atoms with Crippen LogP contribution in [-0.4, -0.2) is 40.0 Å². The molecule has 2 heterocycles. The lowest BCUT2D eigenvalue weighted by Crippen LogP contribution is -2.56. The highest BCUT2D eigenvalue weighted by atomic mass is 16.6. The van der Waals surface area contributed by atoms with Crippen LogP contribution in [-0.2, 0) is 0 Å². The topological polar surface area (TPSA) is 71.3 Å². The standard InChI is InChI=1S/C17H26N4O2/c22-21(23)15-7-8-16(18-13-15)19-14-17(9-3-1-4-10-17)20-11-5-2-6-12-20/h7-8,13H,1-6,9-12,14H2,(H,18,19). The van der Waals surface area contributed by atoms with Gasteiger partial charge in [-0.05, 0) is 44.8 Å². The maximum absolute atomic E-state index is 10.7. The van der Waals surface area contributed by atoms with Gasteiger partial charge in [0.2, 0.25) is 0 Å². The molecule has 1 aliphatic carbocycles. The third kappa shape index (κ3) is 3.80. The van der Waals surface area contributed by atoms with E-state index in [4.69, 9.17) is 0 Å². The summed E-state index contributed by atoms with van der Waals surface area (Å²) in [4.78, 5) is 17.2. The van der Waals surface area contributed by atoms with Gasteiger partial charge in [-0.1, -0.05) is 25.7 Å². The molecule has 1 N–H and O–H groups in total. The van der Waals surface area contributed by atoms with Crippen molar-refractivity contribution in [2.75, 3.05) is 25.0 Å². The van der Waals surface area contributed by atoms with Crippen molar-refractivity contribution in [3.8, 4) is 0 Å². The first-order valence-corrected chi connectivity index (χ1v) is 8.79. The molecule has 23 heavy (non-hydrogen) atoms. The van der Waals surface area contributed by atoms with Crippen molar-refractivity contribution in [3.05, 3.63) is 28.4 Å². The molecule has 6 nitrogen and oxygen atoms in total. The minimum atomic E-state index is -0.410. The number of likely N-dealkylation sites (tertiary alicyclic amines) is 1. The largest absolute Gasteiger partial charge is 0.368 e. The van der Waals surface area contributed by atoms with Gasteiger partial charge in [0.25, 0.3) is 5.69 Å². The van der Waals surface area contributed by atoms with Crippen molar-refractivity contribution >= 4 is 11.5 Å². The van der Waals surface area contributed by atoms with Gasteiger partial charge >= 0.3 is 0 Å². The summed E-state index contributed by atoms with van der Waals surface area (Å²) in [6.07, 6.45) is 11.7. The molecule has 6 heteroatoms. The summed E-state index contributed by atoms with van der Waals surface area (Å²) in [5.74, 6) is 0.734. The molecule has 2 aliphatic rings. The van der Waals surface area contributed by atoms with Crippen molar-refractivity contribution in [1.82, 2.24) is 9.88 Å². The number of hydrogen-bond donors (Lipinski definition) is 1. The van der Waals surface area contributed by atoms with Crippen LogP contribution < -0.4 is 5.32 Å². The van der Waals surface area contributed by atoms with Gasteiger partial charge in [0.05, 0.1) is 4.92 Å². The molecule has 1 saturated carbocycles. The third-order valence-corrected chi connectivity index (χ3v) is 5.37. The molecule has 0 bridgehead atoms. The van der Waals surface area contributed by atoms with Crippen LogP contribution in [0.2, 0.25) is 0 Å². The highest BCUT2D eigenvalue weighted by molar-refractivity contribution is 5.40. The fourth-order valence-electron chi connectivity index (χ4n) is 4.04. The van der Waals surface area contributed by atoms with Crippen LogP contribution in [0.1, 0.15) is 51.4 Å². The molecule has 0 spiro atoms. The van der Waals surface area contributed by atoms with Gasteiger partial charge in [-0.3, -0.25) is 15.0 Å². The first kappa shape index (κ1) is 16.2. The SMILES string of the molecule is O=[N+]([O-])c1ccc(NCC2(N3CCCCC3)CCCCC2)nc1. The second-order valence-corrected chi connectivity index (χ2v) is 6.85. The average Bonchev–Trinajstić information content (AvgIpc) is 2.62. The summed E-state index contributed by atoms with van der Waals surface area (Å²) < 4.78 is 0. The Balaban J connectivity index is 1.67. The molecule has 126 valence electrons. The Kier molecular flexibility index (Phi) is 5.10. The number of pyridine rings is 1. The Morgan fingerprint density at radius 1 is 1.13 bits per heavy atom. The number of nitrogens with zero attached hydrogens (tertiary/aromatic N) is 3. The van der Waals surface area contributed by atoms with Crippen LogP contribution in [0.15, 0.2) is 18.3 Å². The first-order chi connectivity index (χ1) is 11.2. The van der Waals surface area contributed by atoms with E-state index in [-0.39, 0.29) is 11.2 Å². The normalized spacial score (nSPS) is 21.7. The smallest absolute Gasteiger partial charge is 0.287 e. The molecule has 1 aromatic rings. The monoisotopic (exact) mass is 318 g/mol. The quantitative estimate of drug-likeness (QED) is 0.663. The van der Waals surface area contributed by atoms with Gasteiger partial charge in [-0.25, -0.2) is 4.98 Å². The fourth-order valence-corrected chi connectivity index (χ4v) is 4.04. The van der Waals surface area contributed by atoms with E-state index >= 15 is 0 Å². The number of anilines is 1. The van der Waals surface area contributed by atoms with E-state index in [2.05, 4.69) is 15.2 Å². The molecule has 1 aliphatic heterocycles. The fraction of sp³-hybridized carbons (Fsp3) is 0.706. The van der Waals surface area contributed by atoms with Crippen molar-refractivity contribution < 1.29 is 4.92 Å². The lowest BCUT2D eigenvalue weighted by molar-refractivity contribution is -0.385. The minimum Gasteiger partial charge on any atom is -0.368 e. The summed E-state index contributed by atoms with van der Waals surface area (Å²) in [6, 6.07) is 3.23. The van der Waals surface area contributed by atoms with E-state index in [1.807, 2.05) is 0 Å². The molecule has 0 radical (unpaired) electrons. The van der Waals surface area contributed by atoms with E-state index in [0.29, 0.717) is 0 Å². The van der Waals surface area contributed by atoms with Crippen molar-refractivity contribution in [2.24, 2.45) is 0 Å². The van der Waals surface area contributed by atoms with Crippen molar-refractivity contribution in [3.63, 3.8) is 0 Å². The second-order valence-electron chi connectivity index (χ2n) is 6.85. The highest BCUT2D eigenvalue weighted by Crippen LogP contribution is 2.35. The average molecular weight is 318 g/mol. The van der Waals surface area contributed by atoms with Crippen molar-refractivity contribution in [2.45, 2.75) is 56.9 Å². The number of nitrogens with one attached hydrogen (secondary N) is 1. The van der Waals surface area contributed by atoms with Crippen LogP contribution in [0, 0.1) is 10.1 Å². The van der Waals surface area contributed by atoms with Crippen LogP contribution in [0.4, 0.5) is 11.5 Å². The number of aromatic nitrogens is 1. The molecular formula is C17H26N4O2. The number of nitro groups is 1. The lowest BCUT2D eigenvalue weighted by Gasteiger charge is -2.48. The Labute approximate surface area is 137 Å². The molecule has 3 rings (SSSR count). The summed E-state index contributed by atoms with van der Waals surface area (Å²) in [7, 11) is 0. The zero-order chi connectivity index (χ0) is 16.1. The molecule has 0 amide bonds. The van der Waals surface area contributed by atoms with Gasteiger partial charge in [-0.15, -0.1) is 0 Å². The molecule has 0 unspecified atom stereocenters. The van der Waals surface area contributed by atoms with Crippen LogP contribution in [0.5, 0.6) is 0 Å². The van der Waals surface area contributed by atoms with Crippen LogP contribution >= 0.6 is 0 Å². The van der Waals surface area contributed by atoms with Gasteiger partial charge in [0.1, 0.15) is 12.0 Å².